The van der Waals surface area contributed by atoms with Gasteiger partial charge < -0.3 is 10.2 Å². The highest BCUT2D eigenvalue weighted by Crippen LogP contribution is 2.34. The van der Waals surface area contributed by atoms with E-state index in [-0.39, 0.29) is 6.04 Å². The fraction of sp³-hybridized carbons (Fsp3) is 0.360. The van der Waals surface area contributed by atoms with Crippen molar-refractivity contribution in [3.8, 4) is 0 Å². The van der Waals surface area contributed by atoms with E-state index < -0.39 is 0 Å². The zero-order valence-electron chi connectivity index (χ0n) is 17.9. The van der Waals surface area contributed by atoms with Gasteiger partial charge in [0.2, 0.25) is 5.95 Å². The molecule has 0 amide bonds. The van der Waals surface area contributed by atoms with E-state index in [1.807, 2.05) is 17.2 Å². The Bertz CT molecular complexity index is 986. The smallest absolute Gasteiger partial charge is 0.229 e. The maximum atomic E-state index is 5.91. The molecular weight excluding hydrogens is 386 g/mol. The molecule has 2 saturated heterocycles. The summed E-state index contributed by atoms with van der Waals surface area (Å²) in [5.41, 5.74) is 3.49. The van der Waals surface area contributed by atoms with E-state index in [0.29, 0.717) is 12.6 Å². The SMILES string of the molecule is CC1CCN(c2ccc(Nc3nccc(N4OCCC4c4ccccc4)n3)cc2)CC1. The first kappa shape index (κ1) is 19.8. The van der Waals surface area contributed by atoms with Gasteiger partial charge in [0, 0.05) is 43.1 Å². The second kappa shape index (κ2) is 8.94. The molecule has 6 nitrogen and oxygen atoms in total. The summed E-state index contributed by atoms with van der Waals surface area (Å²) in [6.45, 7) is 5.30. The third kappa shape index (κ3) is 4.49. The molecule has 1 N–H and O–H groups in total. The van der Waals surface area contributed by atoms with Gasteiger partial charge in [-0.3, -0.25) is 4.84 Å². The topological polar surface area (TPSA) is 53.5 Å². The van der Waals surface area contributed by atoms with E-state index >= 15 is 0 Å². The molecule has 5 rings (SSSR count). The van der Waals surface area contributed by atoms with Crippen LogP contribution in [0.25, 0.3) is 0 Å². The minimum Gasteiger partial charge on any atom is -0.372 e. The summed E-state index contributed by atoms with van der Waals surface area (Å²) in [7, 11) is 0. The molecule has 2 aliphatic rings. The summed E-state index contributed by atoms with van der Waals surface area (Å²) in [6.07, 6.45) is 5.25. The van der Waals surface area contributed by atoms with Gasteiger partial charge >= 0.3 is 0 Å². The van der Waals surface area contributed by atoms with Crippen LogP contribution in [0.1, 0.15) is 37.8 Å². The summed E-state index contributed by atoms with van der Waals surface area (Å²) in [4.78, 5) is 17.5. The Morgan fingerprint density at radius 2 is 1.71 bits per heavy atom. The monoisotopic (exact) mass is 415 g/mol. The maximum Gasteiger partial charge on any atom is 0.229 e. The van der Waals surface area contributed by atoms with Crippen LogP contribution in [-0.2, 0) is 4.84 Å². The van der Waals surface area contributed by atoms with Crippen molar-refractivity contribution in [2.75, 3.05) is 35.0 Å². The van der Waals surface area contributed by atoms with Crippen LogP contribution in [0.3, 0.4) is 0 Å². The molecule has 2 aromatic carbocycles. The first-order valence-corrected chi connectivity index (χ1v) is 11.2. The third-order valence-electron chi connectivity index (χ3n) is 6.23. The van der Waals surface area contributed by atoms with Crippen LogP contribution in [0.4, 0.5) is 23.1 Å². The second-order valence-corrected chi connectivity index (χ2v) is 8.45. The molecule has 2 fully saturated rings. The predicted octanol–water partition coefficient (Wildman–Crippen LogP) is 5.34. The zero-order valence-corrected chi connectivity index (χ0v) is 17.9. The highest BCUT2D eigenvalue weighted by atomic mass is 16.7. The number of rotatable bonds is 5. The quantitative estimate of drug-likeness (QED) is 0.607. The minimum absolute atomic E-state index is 0.162. The number of nitrogens with one attached hydrogen (secondary N) is 1. The molecule has 0 radical (unpaired) electrons. The lowest BCUT2D eigenvalue weighted by atomic mass is 9.99. The number of nitrogens with zero attached hydrogens (tertiary/aromatic N) is 4. The van der Waals surface area contributed by atoms with Crippen molar-refractivity contribution < 1.29 is 4.84 Å². The predicted molar refractivity (Wildman–Crippen MR) is 125 cm³/mol. The Balaban J connectivity index is 1.28. The fourth-order valence-electron chi connectivity index (χ4n) is 4.36. The molecule has 0 spiro atoms. The van der Waals surface area contributed by atoms with Crippen molar-refractivity contribution in [3.05, 3.63) is 72.4 Å². The highest BCUT2D eigenvalue weighted by molar-refractivity contribution is 5.60. The molecule has 3 aromatic rings. The first-order valence-electron chi connectivity index (χ1n) is 11.2. The molecule has 31 heavy (non-hydrogen) atoms. The number of hydrogen-bond acceptors (Lipinski definition) is 6. The average molecular weight is 416 g/mol. The zero-order chi connectivity index (χ0) is 21.0. The average Bonchev–Trinajstić information content (AvgIpc) is 3.31. The molecule has 6 heteroatoms. The first-order chi connectivity index (χ1) is 15.3. The van der Waals surface area contributed by atoms with E-state index in [9.17, 15) is 0 Å². The molecule has 0 aliphatic carbocycles. The Morgan fingerprint density at radius 1 is 0.935 bits per heavy atom. The van der Waals surface area contributed by atoms with E-state index in [4.69, 9.17) is 9.82 Å². The number of hydroxylamine groups is 1. The van der Waals surface area contributed by atoms with Crippen molar-refractivity contribution in [1.82, 2.24) is 9.97 Å². The standard InChI is InChI=1S/C25H29N5O/c1-19-12-16-29(17-13-19)22-9-7-21(8-10-22)27-25-26-15-11-24(28-25)30-23(14-18-31-30)20-5-3-2-4-6-20/h2-11,15,19,23H,12-14,16-18H2,1H3,(H,26,27,28). The Kier molecular flexibility index (Phi) is 5.71. The van der Waals surface area contributed by atoms with Crippen molar-refractivity contribution in [1.29, 1.82) is 0 Å². The number of piperidine rings is 1. The summed E-state index contributed by atoms with van der Waals surface area (Å²) in [5, 5.41) is 5.24. The molecule has 0 saturated carbocycles. The van der Waals surface area contributed by atoms with Crippen LogP contribution in [0.5, 0.6) is 0 Å². The van der Waals surface area contributed by atoms with Crippen LogP contribution in [0, 0.1) is 5.92 Å². The third-order valence-corrected chi connectivity index (χ3v) is 6.23. The van der Waals surface area contributed by atoms with E-state index in [0.717, 1.165) is 36.9 Å². The molecule has 2 aliphatic heterocycles. The van der Waals surface area contributed by atoms with Crippen LogP contribution >= 0.6 is 0 Å². The summed E-state index contributed by atoms with van der Waals surface area (Å²) >= 11 is 0. The number of anilines is 4. The Hall–Kier alpha value is -3.12. The van der Waals surface area contributed by atoms with Crippen LogP contribution in [0.2, 0.25) is 0 Å². The van der Waals surface area contributed by atoms with Gasteiger partial charge in [-0.2, -0.15) is 4.98 Å². The summed E-state index contributed by atoms with van der Waals surface area (Å²) in [5.74, 6) is 2.17. The van der Waals surface area contributed by atoms with Crippen molar-refractivity contribution in [2.45, 2.75) is 32.2 Å². The summed E-state index contributed by atoms with van der Waals surface area (Å²) in [6, 6.07) is 21.0. The second-order valence-electron chi connectivity index (χ2n) is 8.45. The lowest BCUT2D eigenvalue weighted by molar-refractivity contribution is 0.157. The molecular formula is C25H29N5O. The van der Waals surface area contributed by atoms with Crippen molar-refractivity contribution >= 4 is 23.1 Å². The largest absolute Gasteiger partial charge is 0.372 e. The molecule has 160 valence electrons. The van der Waals surface area contributed by atoms with Crippen LogP contribution in [0.15, 0.2) is 66.9 Å². The minimum atomic E-state index is 0.162. The van der Waals surface area contributed by atoms with Gasteiger partial charge in [0.1, 0.15) is 0 Å². The van der Waals surface area contributed by atoms with Crippen molar-refractivity contribution in [3.63, 3.8) is 0 Å². The molecule has 0 bridgehead atoms. The molecule has 1 aromatic heterocycles. The lowest BCUT2D eigenvalue weighted by Crippen LogP contribution is -2.32. The van der Waals surface area contributed by atoms with Gasteiger partial charge in [0.25, 0.3) is 0 Å². The fourth-order valence-corrected chi connectivity index (χ4v) is 4.36. The normalized spacial score (nSPS) is 19.6. The van der Waals surface area contributed by atoms with Crippen molar-refractivity contribution in [2.24, 2.45) is 5.92 Å². The Labute approximate surface area is 183 Å². The molecule has 1 atom stereocenters. The van der Waals surface area contributed by atoms with Gasteiger partial charge in [0.15, 0.2) is 5.82 Å². The number of hydrogen-bond donors (Lipinski definition) is 1. The van der Waals surface area contributed by atoms with Crippen LogP contribution in [-0.4, -0.2) is 29.7 Å². The van der Waals surface area contributed by atoms with Crippen LogP contribution < -0.4 is 15.3 Å². The Morgan fingerprint density at radius 3 is 2.48 bits per heavy atom. The number of aromatic nitrogens is 2. The van der Waals surface area contributed by atoms with E-state index in [1.165, 1.54) is 24.1 Å². The van der Waals surface area contributed by atoms with Gasteiger partial charge in [-0.25, -0.2) is 10.0 Å². The molecule has 3 heterocycles. The number of benzene rings is 2. The maximum absolute atomic E-state index is 5.91. The van der Waals surface area contributed by atoms with Gasteiger partial charge in [-0.05, 0) is 48.6 Å². The molecule has 1 unspecified atom stereocenters. The van der Waals surface area contributed by atoms with Gasteiger partial charge in [-0.1, -0.05) is 37.3 Å². The summed E-state index contributed by atoms with van der Waals surface area (Å²) < 4.78 is 0. The van der Waals surface area contributed by atoms with E-state index in [2.05, 4.69) is 70.7 Å². The van der Waals surface area contributed by atoms with E-state index in [1.54, 1.807) is 6.20 Å². The van der Waals surface area contributed by atoms with Gasteiger partial charge in [0.05, 0.1) is 12.6 Å². The lowest BCUT2D eigenvalue weighted by Gasteiger charge is -2.32. The highest BCUT2D eigenvalue weighted by Gasteiger charge is 2.29. The van der Waals surface area contributed by atoms with Gasteiger partial charge in [-0.15, -0.1) is 0 Å².